The summed E-state index contributed by atoms with van der Waals surface area (Å²) in [4.78, 5) is 20.8. The van der Waals surface area contributed by atoms with E-state index in [9.17, 15) is 14.9 Å². The Labute approximate surface area is 83.6 Å². The zero-order valence-corrected chi connectivity index (χ0v) is 7.54. The predicted octanol–water partition coefficient (Wildman–Crippen LogP) is 1.29. The highest BCUT2D eigenvalue weighted by molar-refractivity contribution is 6.05. The topological polar surface area (TPSA) is 86.2 Å². The molecule has 0 saturated heterocycles. The van der Waals surface area contributed by atoms with Gasteiger partial charge in [-0.1, -0.05) is 17.3 Å². The summed E-state index contributed by atoms with van der Waals surface area (Å²) in [6, 6.07) is 6.76. The number of fused-ring (bicyclic) bond motifs is 1. The van der Waals surface area contributed by atoms with Crippen LogP contribution in [-0.2, 0) is 0 Å². The first-order valence-corrected chi connectivity index (χ1v) is 4.18. The lowest BCUT2D eigenvalue weighted by Gasteiger charge is -1.90. The summed E-state index contributed by atoms with van der Waals surface area (Å²) in [5.74, 6) is -0.726. The fourth-order valence-electron chi connectivity index (χ4n) is 1.28. The average molecular weight is 206 g/mol. The first kappa shape index (κ1) is 9.32. The van der Waals surface area contributed by atoms with Crippen LogP contribution in [0.3, 0.4) is 0 Å². The van der Waals surface area contributed by atoms with E-state index in [0.29, 0.717) is 10.9 Å². The number of carbonyl (C=O) groups is 1. The summed E-state index contributed by atoms with van der Waals surface area (Å²) in [6.07, 6.45) is 0. The van der Waals surface area contributed by atoms with Crippen LogP contribution in [0.15, 0.2) is 28.8 Å². The zero-order valence-electron chi connectivity index (χ0n) is 7.54. The van der Waals surface area contributed by atoms with Crippen LogP contribution in [0.5, 0.6) is 0 Å². The second-order valence-electron chi connectivity index (χ2n) is 2.94. The molecule has 0 atom stereocenters. The largest absolute Gasteiger partial charge is 0.352 e. The van der Waals surface area contributed by atoms with Crippen molar-refractivity contribution in [3.05, 3.63) is 40.1 Å². The minimum Gasteiger partial charge on any atom is -0.352 e. The van der Waals surface area contributed by atoms with Crippen LogP contribution in [-0.4, -0.2) is 22.4 Å². The van der Waals surface area contributed by atoms with Crippen LogP contribution in [0.2, 0.25) is 0 Å². The molecule has 0 saturated carbocycles. The summed E-state index contributed by atoms with van der Waals surface area (Å²) in [5.41, 5.74) is 0.518. The molecular formula is C9H6N2O4. The first-order chi connectivity index (χ1) is 7.18. The minimum absolute atomic E-state index is 0.0534. The van der Waals surface area contributed by atoms with Gasteiger partial charge in [-0.3, -0.25) is 14.9 Å². The number of aromatic nitrogens is 1. The van der Waals surface area contributed by atoms with Crippen LogP contribution >= 0.6 is 0 Å². The third-order valence-corrected chi connectivity index (χ3v) is 1.91. The van der Waals surface area contributed by atoms with Crippen molar-refractivity contribution in [2.45, 2.75) is 0 Å². The molecule has 0 radical (unpaired) electrons. The fraction of sp³-hybridized carbons (Fsp3) is 0.111. The van der Waals surface area contributed by atoms with Gasteiger partial charge in [-0.25, -0.2) is 0 Å². The Morgan fingerprint density at radius 2 is 2.20 bits per heavy atom. The third kappa shape index (κ3) is 1.69. The highest BCUT2D eigenvalue weighted by atomic mass is 16.6. The molecule has 0 aliphatic carbocycles. The lowest BCUT2D eigenvalue weighted by molar-refractivity contribution is -0.465. The molecule has 0 bridgehead atoms. The van der Waals surface area contributed by atoms with E-state index in [4.69, 9.17) is 4.52 Å². The number of hydrogen-bond donors (Lipinski definition) is 0. The molecular weight excluding hydrogens is 200 g/mol. The standard InChI is InChI=1S/C9H6N2O4/c12-8(5-11(13)14)9-6-3-1-2-4-7(6)10-15-9/h1-4H,5H2. The molecule has 0 spiro atoms. The third-order valence-electron chi connectivity index (χ3n) is 1.91. The Hall–Kier alpha value is -2.24. The van der Waals surface area contributed by atoms with Crippen molar-refractivity contribution < 1.29 is 14.2 Å². The Bertz CT molecular complexity index is 532. The minimum atomic E-state index is -0.779. The van der Waals surface area contributed by atoms with Gasteiger partial charge in [-0.05, 0) is 12.1 Å². The van der Waals surface area contributed by atoms with Gasteiger partial charge in [-0.2, -0.15) is 0 Å². The van der Waals surface area contributed by atoms with E-state index in [-0.39, 0.29) is 5.76 Å². The molecule has 1 aromatic heterocycles. The van der Waals surface area contributed by atoms with Crippen molar-refractivity contribution in [1.82, 2.24) is 5.16 Å². The van der Waals surface area contributed by atoms with Crippen LogP contribution in [0.25, 0.3) is 10.9 Å². The molecule has 2 rings (SSSR count). The van der Waals surface area contributed by atoms with Gasteiger partial charge in [0.25, 0.3) is 12.3 Å². The number of carbonyl (C=O) groups excluding carboxylic acids is 1. The van der Waals surface area contributed by atoms with Crippen molar-refractivity contribution in [1.29, 1.82) is 0 Å². The molecule has 0 N–H and O–H groups in total. The van der Waals surface area contributed by atoms with Crippen LogP contribution in [0.1, 0.15) is 10.6 Å². The average Bonchev–Trinajstić information content (AvgIpc) is 2.59. The zero-order chi connectivity index (χ0) is 10.8. The maximum Gasteiger partial charge on any atom is 0.271 e. The van der Waals surface area contributed by atoms with Crippen molar-refractivity contribution >= 4 is 16.7 Å². The van der Waals surface area contributed by atoms with Gasteiger partial charge in [-0.15, -0.1) is 0 Å². The molecule has 6 heteroatoms. The van der Waals surface area contributed by atoms with Crippen molar-refractivity contribution in [2.75, 3.05) is 6.54 Å². The molecule has 0 unspecified atom stereocenters. The Morgan fingerprint density at radius 1 is 1.47 bits per heavy atom. The second-order valence-corrected chi connectivity index (χ2v) is 2.94. The van der Waals surface area contributed by atoms with E-state index in [1.54, 1.807) is 24.3 Å². The van der Waals surface area contributed by atoms with E-state index in [2.05, 4.69) is 5.16 Å². The highest BCUT2D eigenvalue weighted by Gasteiger charge is 2.20. The van der Waals surface area contributed by atoms with Gasteiger partial charge < -0.3 is 4.52 Å². The second kappa shape index (κ2) is 3.49. The van der Waals surface area contributed by atoms with Gasteiger partial charge in [0.2, 0.25) is 5.76 Å². The molecule has 2 aromatic rings. The van der Waals surface area contributed by atoms with Crippen molar-refractivity contribution in [2.24, 2.45) is 0 Å². The van der Waals surface area contributed by atoms with Gasteiger partial charge in [0, 0.05) is 4.92 Å². The number of nitrogens with zero attached hydrogens (tertiary/aromatic N) is 2. The Morgan fingerprint density at radius 3 is 2.93 bits per heavy atom. The normalized spacial score (nSPS) is 10.4. The van der Waals surface area contributed by atoms with E-state index in [1.165, 1.54) is 0 Å². The fourth-order valence-corrected chi connectivity index (χ4v) is 1.28. The smallest absolute Gasteiger partial charge is 0.271 e. The summed E-state index contributed by atoms with van der Waals surface area (Å²) in [7, 11) is 0. The maximum atomic E-state index is 11.4. The van der Waals surface area contributed by atoms with Crippen LogP contribution in [0.4, 0.5) is 0 Å². The molecule has 0 aliphatic heterocycles. The highest BCUT2D eigenvalue weighted by Crippen LogP contribution is 2.17. The SMILES string of the molecule is O=C(C[N+](=O)[O-])c1onc2ccccc12. The lowest BCUT2D eigenvalue weighted by atomic mass is 10.2. The molecule has 0 amide bonds. The molecule has 1 heterocycles. The number of ketones is 1. The van der Waals surface area contributed by atoms with Gasteiger partial charge >= 0.3 is 0 Å². The van der Waals surface area contributed by atoms with E-state index in [0.717, 1.165) is 0 Å². The maximum absolute atomic E-state index is 11.4. The van der Waals surface area contributed by atoms with E-state index in [1.807, 2.05) is 0 Å². The van der Waals surface area contributed by atoms with E-state index >= 15 is 0 Å². The summed E-state index contributed by atoms with van der Waals surface area (Å²) in [6.45, 7) is -0.779. The molecule has 76 valence electrons. The van der Waals surface area contributed by atoms with Crippen LogP contribution in [0, 0.1) is 10.1 Å². The Kier molecular flexibility index (Phi) is 2.17. The lowest BCUT2D eigenvalue weighted by Crippen LogP contribution is -2.13. The first-order valence-electron chi connectivity index (χ1n) is 4.18. The van der Waals surface area contributed by atoms with Gasteiger partial charge in [0.1, 0.15) is 5.52 Å². The Balaban J connectivity index is 2.44. The summed E-state index contributed by atoms with van der Waals surface area (Å²) >= 11 is 0. The van der Waals surface area contributed by atoms with Gasteiger partial charge in [0.15, 0.2) is 0 Å². The van der Waals surface area contributed by atoms with Crippen molar-refractivity contribution in [3.8, 4) is 0 Å². The van der Waals surface area contributed by atoms with Gasteiger partial charge in [0.05, 0.1) is 5.39 Å². The number of nitro groups is 1. The predicted molar refractivity (Wildman–Crippen MR) is 50.2 cm³/mol. The van der Waals surface area contributed by atoms with Crippen LogP contribution < -0.4 is 0 Å². The summed E-state index contributed by atoms with van der Waals surface area (Å²) in [5, 5.41) is 14.3. The molecule has 0 fully saturated rings. The number of rotatable bonds is 3. The van der Waals surface area contributed by atoms with Crippen molar-refractivity contribution in [3.63, 3.8) is 0 Å². The number of hydrogen-bond acceptors (Lipinski definition) is 5. The number of benzene rings is 1. The summed E-state index contributed by atoms with van der Waals surface area (Å²) < 4.78 is 4.77. The molecule has 6 nitrogen and oxygen atoms in total. The monoisotopic (exact) mass is 206 g/mol. The number of Topliss-reactive ketones (excluding diaryl/α,β-unsaturated/α-hetero) is 1. The quantitative estimate of drug-likeness (QED) is 0.429. The molecule has 1 aromatic carbocycles. The molecule has 0 aliphatic rings. The van der Waals surface area contributed by atoms with E-state index < -0.39 is 17.3 Å². The molecule has 15 heavy (non-hydrogen) atoms.